The van der Waals surface area contributed by atoms with Crippen molar-refractivity contribution in [2.75, 3.05) is 45.3 Å². The molecule has 5 rings (SSSR count). The molecule has 66 heavy (non-hydrogen) atoms. The Balaban J connectivity index is 1.55. The zero-order valence-electron chi connectivity index (χ0n) is 41.2. The van der Waals surface area contributed by atoms with Gasteiger partial charge in [0, 0.05) is 48.3 Å². The number of oxime groups is 1. The van der Waals surface area contributed by atoms with Crippen molar-refractivity contribution in [1.29, 1.82) is 0 Å². The van der Waals surface area contributed by atoms with Gasteiger partial charge in [0.05, 0.1) is 31.5 Å². The molecule has 1 fully saturated rings. The zero-order chi connectivity index (χ0) is 47.2. The molecule has 1 heterocycles. The maximum absolute atomic E-state index is 14.6. The largest absolute Gasteiger partial charge is 0.493 e. The molecule has 11 heteroatoms. The molecule has 2 aliphatic carbocycles. The zero-order valence-corrected chi connectivity index (χ0v) is 42.0. The van der Waals surface area contributed by atoms with Crippen molar-refractivity contribution in [2.24, 2.45) is 22.9 Å². The van der Waals surface area contributed by atoms with E-state index in [9.17, 15) is 15.0 Å². The van der Waals surface area contributed by atoms with Gasteiger partial charge in [-0.1, -0.05) is 120 Å². The van der Waals surface area contributed by atoms with Gasteiger partial charge in [-0.2, -0.15) is 0 Å². The smallest absolute Gasteiger partial charge is 0.410 e. The molecular formula is C55H84N2O8S. The van der Waals surface area contributed by atoms with E-state index >= 15 is 0 Å². The Labute approximate surface area is 402 Å². The summed E-state index contributed by atoms with van der Waals surface area (Å²) in [4.78, 5) is 24.0. The van der Waals surface area contributed by atoms with E-state index in [1.807, 2.05) is 43.9 Å². The fourth-order valence-corrected chi connectivity index (χ4v) is 11.0. The molecule has 2 N–H and O–H groups in total. The van der Waals surface area contributed by atoms with Crippen molar-refractivity contribution in [1.82, 2.24) is 4.90 Å². The lowest BCUT2D eigenvalue weighted by molar-refractivity contribution is -0.255. The molecule has 6 atom stereocenters. The van der Waals surface area contributed by atoms with E-state index in [-0.39, 0.29) is 43.7 Å². The minimum atomic E-state index is -1.33. The van der Waals surface area contributed by atoms with Gasteiger partial charge >= 0.3 is 6.09 Å². The maximum atomic E-state index is 14.6. The van der Waals surface area contributed by atoms with E-state index < -0.39 is 23.3 Å². The van der Waals surface area contributed by atoms with Gasteiger partial charge in [0.1, 0.15) is 23.1 Å². The van der Waals surface area contributed by atoms with Crippen molar-refractivity contribution in [3.8, 4) is 11.5 Å². The van der Waals surface area contributed by atoms with Gasteiger partial charge in [0.2, 0.25) is 5.79 Å². The number of carbonyl (C=O) groups excluding carboxylic acids is 1. The number of ether oxygens (including phenoxy) is 4. The number of aliphatic hydroxyl groups excluding tert-OH is 2. The Morgan fingerprint density at radius 2 is 1.59 bits per heavy atom. The van der Waals surface area contributed by atoms with Crippen molar-refractivity contribution < 1.29 is 38.8 Å². The molecule has 0 saturated heterocycles. The van der Waals surface area contributed by atoms with Crippen LogP contribution in [0.5, 0.6) is 11.5 Å². The van der Waals surface area contributed by atoms with Crippen molar-refractivity contribution in [3.05, 3.63) is 78.4 Å². The molecular weight excluding hydrogens is 849 g/mol. The molecule has 0 spiro atoms. The third kappa shape index (κ3) is 15.2. The van der Waals surface area contributed by atoms with Crippen LogP contribution < -0.4 is 9.47 Å². The van der Waals surface area contributed by atoms with Crippen LogP contribution in [-0.2, 0) is 14.3 Å². The van der Waals surface area contributed by atoms with Gasteiger partial charge in [0.15, 0.2) is 0 Å². The summed E-state index contributed by atoms with van der Waals surface area (Å²) >= 11 is 1.77. The van der Waals surface area contributed by atoms with Gasteiger partial charge in [-0.3, -0.25) is 4.90 Å². The first kappa shape index (κ1) is 53.4. The average molecular weight is 933 g/mol. The number of rotatable bonds is 31. The maximum Gasteiger partial charge on any atom is 0.410 e. The lowest BCUT2D eigenvalue weighted by atomic mass is 9.55. The first-order valence-electron chi connectivity index (χ1n) is 25.6. The number of hydrogen-bond acceptors (Lipinski definition) is 10. The van der Waals surface area contributed by atoms with Crippen LogP contribution in [-0.4, -0.2) is 89.7 Å². The number of allylic oxidation sites excluding steroid dienone is 1. The van der Waals surface area contributed by atoms with Gasteiger partial charge in [0.25, 0.3) is 0 Å². The molecule has 2 aromatic carbocycles. The molecule has 1 saturated carbocycles. The number of unbranched alkanes of at least 4 members (excludes halogenated alkanes) is 11. The Kier molecular flexibility index (Phi) is 22.8. The minimum Gasteiger partial charge on any atom is -0.493 e. The highest BCUT2D eigenvalue weighted by atomic mass is 32.2. The third-order valence-corrected chi connectivity index (χ3v) is 14.2. The summed E-state index contributed by atoms with van der Waals surface area (Å²) in [6.45, 7) is 16.2. The lowest BCUT2D eigenvalue weighted by Gasteiger charge is -2.60. The second kappa shape index (κ2) is 28.1. The van der Waals surface area contributed by atoms with Crippen LogP contribution in [0.4, 0.5) is 4.79 Å². The van der Waals surface area contributed by atoms with E-state index in [0.29, 0.717) is 51.2 Å². The molecule has 0 radical (unpaired) electrons. The molecule has 368 valence electrons. The van der Waals surface area contributed by atoms with Crippen molar-refractivity contribution in [3.63, 3.8) is 0 Å². The molecule has 1 amide bonds. The molecule has 0 aromatic heterocycles. The van der Waals surface area contributed by atoms with E-state index in [1.54, 1.807) is 17.8 Å². The first-order valence-corrected chi connectivity index (χ1v) is 26.6. The second-order valence-electron chi connectivity index (χ2n) is 19.5. The molecule has 2 aromatic rings. The first-order chi connectivity index (χ1) is 32.1. The summed E-state index contributed by atoms with van der Waals surface area (Å²) in [6, 6.07) is 15.9. The van der Waals surface area contributed by atoms with Crippen LogP contribution in [0.1, 0.15) is 162 Å². The van der Waals surface area contributed by atoms with E-state index in [4.69, 9.17) is 28.9 Å². The van der Waals surface area contributed by atoms with Gasteiger partial charge in [-0.05, 0) is 107 Å². The topological polar surface area (TPSA) is 119 Å². The van der Waals surface area contributed by atoms with Crippen molar-refractivity contribution >= 4 is 23.6 Å². The van der Waals surface area contributed by atoms with Gasteiger partial charge < -0.3 is 34.0 Å². The quantitative estimate of drug-likeness (QED) is 0.0330. The Morgan fingerprint density at radius 3 is 2.26 bits per heavy atom. The summed E-state index contributed by atoms with van der Waals surface area (Å²) in [5, 5.41) is 24.9. The highest BCUT2D eigenvalue weighted by Crippen LogP contribution is 2.62. The van der Waals surface area contributed by atoms with E-state index in [1.165, 1.54) is 49.8 Å². The Hall–Kier alpha value is -3.51. The van der Waals surface area contributed by atoms with Gasteiger partial charge in [-0.15, -0.1) is 18.3 Å². The molecule has 0 unspecified atom stereocenters. The third-order valence-electron chi connectivity index (χ3n) is 13.2. The highest BCUT2D eigenvalue weighted by molar-refractivity contribution is 7.99. The standard InChI is InChI=1S/C55H84N2O8S/c1-7-10-11-12-13-14-15-16-17-25-36-62-53(60)57(32-8-2)50-41-48(56-65-54(4,5)6)46-39-42(26-21-23-33-58)45(29-22-24-34-59)51-47-40-43(61-37-38-66-44-27-19-18-20-28-44)30-31-49(47)64-55(50,52(46)51)63-35-9-3/h9,18-20,27-28,30-31,39-40,42,45,50-52,58-59H,3,7-8,10-17,21-26,29,32-38,41H2,1-2,4-6H3/t42-,45+,50-,51+,52+,55+/m0/s1. The monoisotopic (exact) mass is 933 g/mol. The number of hydrogen-bond donors (Lipinski definition) is 2. The molecule has 0 bridgehead atoms. The van der Waals surface area contributed by atoms with Crippen LogP contribution in [0.25, 0.3) is 0 Å². The number of fused-ring (bicyclic) bond motifs is 2. The Morgan fingerprint density at radius 1 is 0.894 bits per heavy atom. The molecule has 10 nitrogen and oxygen atoms in total. The van der Waals surface area contributed by atoms with E-state index in [2.05, 4.69) is 56.8 Å². The lowest BCUT2D eigenvalue weighted by Crippen LogP contribution is -2.70. The summed E-state index contributed by atoms with van der Waals surface area (Å²) in [5.41, 5.74) is 2.28. The molecule has 3 aliphatic rings. The second-order valence-corrected chi connectivity index (χ2v) is 20.6. The number of benzene rings is 2. The fourth-order valence-electron chi connectivity index (χ4n) is 10.2. The fraction of sp³-hybridized carbons (Fsp3) is 0.673. The SMILES string of the molecule is C=CCO[C@@]12Oc3ccc(OCCSc4ccccc4)cc3[C@H]3[C@H](CCCCO)[C@@H](CCCCO)C=C(C(=NOC(C)(C)C)C[C@@H]1N(CCC)C(=O)OCCCCCCCCCCCC)[C@H]32. The van der Waals surface area contributed by atoms with Crippen molar-refractivity contribution in [2.45, 2.75) is 178 Å². The normalized spacial score (nSPS) is 22.7. The van der Waals surface area contributed by atoms with Crippen LogP contribution in [0, 0.1) is 17.8 Å². The number of nitrogens with zero attached hydrogens (tertiary/aromatic N) is 2. The average Bonchev–Trinajstić information content (AvgIpc) is 3.31. The number of aliphatic hydroxyl groups is 2. The molecule has 1 aliphatic heterocycles. The van der Waals surface area contributed by atoms with Gasteiger partial charge in [-0.25, -0.2) is 4.79 Å². The minimum absolute atomic E-state index is 0.119. The summed E-state index contributed by atoms with van der Waals surface area (Å²) in [6.07, 6.45) is 21.7. The van der Waals surface area contributed by atoms with Crippen LogP contribution in [0.3, 0.4) is 0 Å². The highest BCUT2D eigenvalue weighted by Gasteiger charge is 2.65. The van der Waals surface area contributed by atoms with Crippen LogP contribution >= 0.6 is 11.8 Å². The predicted molar refractivity (Wildman–Crippen MR) is 269 cm³/mol. The Bertz CT molecular complexity index is 1800. The number of carbonyl (C=O) groups is 1. The summed E-state index contributed by atoms with van der Waals surface area (Å²) in [7, 11) is 0. The summed E-state index contributed by atoms with van der Waals surface area (Å²) < 4.78 is 27.2. The predicted octanol–water partition coefficient (Wildman–Crippen LogP) is 13.1. The summed E-state index contributed by atoms with van der Waals surface area (Å²) in [5.74, 6) is 0.676. The van der Waals surface area contributed by atoms with E-state index in [0.717, 1.165) is 73.3 Å². The number of amides is 1. The van der Waals surface area contributed by atoms with Crippen LogP contribution in [0.2, 0.25) is 0 Å². The number of thioether (sulfide) groups is 1. The van der Waals surface area contributed by atoms with Crippen LogP contribution in [0.15, 0.2) is 82.9 Å².